The van der Waals surface area contributed by atoms with E-state index in [1.165, 1.54) is 18.4 Å². The van der Waals surface area contributed by atoms with E-state index in [1.807, 2.05) is 0 Å². The fraction of sp³-hybridized carbons (Fsp3) is 0.800. The molecule has 0 aromatic heterocycles. The standard InChI is InChI=1S/C10H16O/c1-7-3-4-8-9(5-7)10(8,2)6-11/h3,8-9,11H,4-6H2,1-2H3. The summed E-state index contributed by atoms with van der Waals surface area (Å²) in [6, 6.07) is 0. The lowest BCUT2D eigenvalue weighted by atomic mass is 10.0. The SMILES string of the molecule is CC1=CCC2C(C1)C2(C)CO. The third kappa shape index (κ3) is 0.871. The van der Waals surface area contributed by atoms with Crippen LogP contribution < -0.4 is 0 Å². The molecule has 1 heteroatoms. The average Bonchev–Trinajstić information content (AvgIpc) is 2.58. The van der Waals surface area contributed by atoms with Crippen molar-refractivity contribution < 1.29 is 5.11 Å². The van der Waals surface area contributed by atoms with Gasteiger partial charge in [-0.05, 0) is 37.0 Å². The fourth-order valence-corrected chi connectivity index (χ4v) is 2.57. The molecule has 2 aliphatic rings. The zero-order valence-corrected chi connectivity index (χ0v) is 7.30. The summed E-state index contributed by atoms with van der Waals surface area (Å²) >= 11 is 0. The minimum absolute atomic E-state index is 0.272. The van der Waals surface area contributed by atoms with Crippen LogP contribution in [0.15, 0.2) is 11.6 Å². The Morgan fingerprint density at radius 1 is 1.64 bits per heavy atom. The van der Waals surface area contributed by atoms with Crippen LogP contribution in [-0.4, -0.2) is 11.7 Å². The molecular weight excluding hydrogens is 136 g/mol. The van der Waals surface area contributed by atoms with Crippen molar-refractivity contribution in [1.82, 2.24) is 0 Å². The van der Waals surface area contributed by atoms with Gasteiger partial charge in [0.25, 0.3) is 0 Å². The first-order chi connectivity index (χ1) is 5.18. The van der Waals surface area contributed by atoms with Crippen LogP contribution in [0, 0.1) is 17.3 Å². The second-order valence-electron chi connectivity index (χ2n) is 4.37. The van der Waals surface area contributed by atoms with E-state index in [4.69, 9.17) is 5.11 Å². The molecule has 1 N–H and O–H groups in total. The van der Waals surface area contributed by atoms with Crippen molar-refractivity contribution in [3.8, 4) is 0 Å². The van der Waals surface area contributed by atoms with E-state index >= 15 is 0 Å². The molecular formula is C10H16O. The summed E-state index contributed by atoms with van der Waals surface area (Å²) < 4.78 is 0. The maximum Gasteiger partial charge on any atom is 0.0490 e. The van der Waals surface area contributed by atoms with E-state index in [-0.39, 0.29) is 5.41 Å². The van der Waals surface area contributed by atoms with Gasteiger partial charge >= 0.3 is 0 Å². The Labute approximate surface area is 68.1 Å². The smallest absolute Gasteiger partial charge is 0.0490 e. The van der Waals surface area contributed by atoms with E-state index < -0.39 is 0 Å². The zero-order valence-electron chi connectivity index (χ0n) is 7.30. The second-order valence-corrected chi connectivity index (χ2v) is 4.37. The minimum Gasteiger partial charge on any atom is -0.396 e. The second kappa shape index (κ2) is 2.10. The normalized spacial score (nSPS) is 48.1. The molecule has 2 rings (SSSR count). The van der Waals surface area contributed by atoms with E-state index in [0.717, 1.165) is 11.8 Å². The van der Waals surface area contributed by atoms with Crippen molar-refractivity contribution in [1.29, 1.82) is 0 Å². The third-order valence-electron chi connectivity index (χ3n) is 3.67. The van der Waals surface area contributed by atoms with Gasteiger partial charge < -0.3 is 5.11 Å². The van der Waals surface area contributed by atoms with Crippen molar-refractivity contribution in [2.75, 3.05) is 6.61 Å². The van der Waals surface area contributed by atoms with Crippen LogP contribution >= 0.6 is 0 Å². The van der Waals surface area contributed by atoms with Gasteiger partial charge in [0.05, 0.1) is 0 Å². The van der Waals surface area contributed by atoms with Gasteiger partial charge in [-0.3, -0.25) is 0 Å². The van der Waals surface area contributed by atoms with E-state index in [9.17, 15) is 0 Å². The molecule has 62 valence electrons. The van der Waals surface area contributed by atoms with Crippen LogP contribution in [0.3, 0.4) is 0 Å². The fourth-order valence-electron chi connectivity index (χ4n) is 2.57. The summed E-state index contributed by atoms with van der Waals surface area (Å²) in [5, 5.41) is 9.16. The largest absolute Gasteiger partial charge is 0.396 e. The van der Waals surface area contributed by atoms with Crippen molar-refractivity contribution in [2.24, 2.45) is 17.3 Å². The van der Waals surface area contributed by atoms with Gasteiger partial charge in [-0.1, -0.05) is 18.6 Å². The van der Waals surface area contributed by atoms with Gasteiger partial charge in [-0.25, -0.2) is 0 Å². The molecule has 0 bridgehead atoms. The van der Waals surface area contributed by atoms with Gasteiger partial charge in [0, 0.05) is 6.61 Å². The Hall–Kier alpha value is -0.300. The van der Waals surface area contributed by atoms with E-state index in [2.05, 4.69) is 19.9 Å². The van der Waals surface area contributed by atoms with Crippen molar-refractivity contribution >= 4 is 0 Å². The average molecular weight is 152 g/mol. The van der Waals surface area contributed by atoms with Crippen LogP contribution in [0.1, 0.15) is 26.7 Å². The van der Waals surface area contributed by atoms with Gasteiger partial charge in [-0.2, -0.15) is 0 Å². The van der Waals surface area contributed by atoms with E-state index in [1.54, 1.807) is 0 Å². The van der Waals surface area contributed by atoms with Gasteiger partial charge in [0.1, 0.15) is 0 Å². The first-order valence-corrected chi connectivity index (χ1v) is 4.45. The number of hydrogen-bond acceptors (Lipinski definition) is 1. The van der Waals surface area contributed by atoms with E-state index in [0.29, 0.717) is 6.61 Å². The summed E-state index contributed by atoms with van der Waals surface area (Å²) in [4.78, 5) is 0. The van der Waals surface area contributed by atoms with Crippen LogP contribution in [-0.2, 0) is 0 Å². The summed E-state index contributed by atoms with van der Waals surface area (Å²) in [5.74, 6) is 1.58. The Morgan fingerprint density at radius 3 is 2.91 bits per heavy atom. The predicted molar refractivity (Wildman–Crippen MR) is 45.2 cm³/mol. The molecule has 1 saturated carbocycles. The molecule has 0 radical (unpaired) electrons. The lowest BCUT2D eigenvalue weighted by molar-refractivity contribution is 0.204. The van der Waals surface area contributed by atoms with Crippen molar-refractivity contribution in [3.05, 3.63) is 11.6 Å². The number of allylic oxidation sites excluding steroid dienone is 2. The summed E-state index contributed by atoms with van der Waals surface area (Å²) in [5.41, 5.74) is 1.79. The van der Waals surface area contributed by atoms with Gasteiger partial charge in [0.2, 0.25) is 0 Å². The predicted octanol–water partition coefficient (Wildman–Crippen LogP) is 1.97. The minimum atomic E-state index is 0.272. The molecule has 0 aliphatic heterocycles. The molecule has 0 spiro atoms. The topological polar surface area (TPSA) is 20.2 Å². The highest BCUT2D eigenvalue weighted by molar-refractivity contribution is 5.20. The van der Waals surface area contributed by atoms with Crippen molar-refractivity contribution in [2.45, 2.75) is 26.7 Å². The van der Waals surface area contributed by atoms with Crippen LogP contribution in [0.2, 0.25) is 0 Å². The summed E-state index contributed by atoms with van der Waals surface area (Å²) in [6.07, 6.45) is 4.76. The first kappa shape index (κ1) is 7.35. The molecule has 0 aromatic rings. The highest BCUT2D eigenvalue weighted by Crippen LogP contribution is 2.64. The van der Waals surface area contributed by atoms with Gasteiger partial charge in [0.15, 0.2) is 0 Å². The number of fused-ring (bicyclic) bond motifs is 1. The molecule has 2 aliphatic carbocycles. The molecule has 3 unspecified atom stereocenters. The van der Waals surface area contributed by atoms with Gasteiger partial charge in [-0.15, -0.1) is 0 Å². The molecule has 1 fully saturated rings. The molecule has 1 nitrogen and oxygen atoms in total. The summed E-state index contributed by atoms with van der Waals surface area (Å²) in [7, 11) is 0. The number of aliphatic hydroxyl groups is 1. The van der Waals surface area contributed by atoms with Crippen molar-refractivity contribution in [3.63, 3.8) is 0 Å². The Kier molecular flexibility index (Phi) is 1.40. The highest BCUT2D eigenvalue weighted by Gasteiger charge is 2.60. The lowest BCUT2D eigenvalue weighted by Crippen LogP contribution is -2.04. The highest BCUT2D eigenvalue weighted by atomic mass is 16.3. The number of rotatable bonds is 1. The Bertz CT molecular complexity index is 207. The third-order valence-corrected chi connectivity index (χ3v) is 3.67. The Balaban J connectivity index is 2.10. The Morgan fingerprint density at radius 2 is 2.36 bits per heavy atom. The molecule has 3 atom stereocenters. The molecule has 0 saturated heterocycles. The van der Waals surface area contributed by atoms with Crippen LogP contribution in [0.25, 0.3) is 0 Å². The number of aliphatic hydroxyl groups excluding tert-OH is 1. The zero-order chi connectivity index (χ0) is 8.06. The molecule has 0 aromatic carbocycles. The first-order valence-electron chi connectivity index (χ1n) is 4.45. The maximum atomic E-state index is 9.16. The summed E-state index contributed by atoms with van der Waals surface area (Å²) in [6.45, 7) is 4.80. The van der Waals surface area contributed by atoms with Crippen LogP contribution in [0.4, 0.5) is 0 Å². The quantitative estimate of drug-likeness (QED) is 0.569. The molecule has 0 heterocycles. The monoisotopic (exact) mass is 152 g/mol. The lowest BCUT2D eigenvalue weighted by Gasteiger charge is -2.05. The number of hydrogen-bond donors (Lipinski definition) is 1. The van der Waals surface area contributed by atoms with Crippen LogP contribution in [0.5, 0.6) is 0 Å². The molecule has 11 heavy (non-hydrogen) atoms. The maximum absolute atomic E-state index is 9.16. The molecule has 0 amide bonds.